The van der Waals surface area contributed by atoms with Crippen LogP contribution in [0.4, 0.5) is 5.82 Å². The first kappa shape index (κ1) is 17.3. The Balaban J connectivity index is 2.03. The average molecular weight is 358 g/mol. The van der Waals surface area contributed by atoms with E-state index in [9.17, 15) is 4.21 Å². The van der Waals surface area contributed by atoms with Crippen LogP contribution in [0.25, 0.3) is 5.78 Å². The van der Waals surface area contributed by atoms with Gasteiger partial charge in [-0.3, -0.25) is 0 Å². The Hall–Kier alpha value is -2.48. The van der Waals surface area contributed by atoms with Gasteiger partial charge in [0.05, 0.1) is 9.73 Å². The lowest BCUT2D eigenvalue weighted by atomic mass is 10.0. The van der Waals surface area contributed by atoms with Crippen LogP contribution >= 0.6 is 0 Å². The van der Waals surface area contributed by atoms with Gasteiger partial charge in [0.1, 0.15) is 12.1 Å². The number of hydrogen-bond acceptors (Lipinski definition) is 6. The first-order chi connectivity index (χ1) is 11.8. The SMILES string of the molecule is CCS(=N)(=O)c1ccc(Cc2c(C)nc3ncnn3c2N(C)C)cc1. The average Bonchev–Trinajstić information content (AvgIpc) is 3.03. The molecule has 132 valence electrons. The van der Waals surface area contributed by atoms with E-state index >= 15 is 0 Å². The summed E-state index contributed by atoms with van der Waals surface area (Å²) in [6.45, 7) is 3.74. The minimum absolute atomic E-state index is 0.323. The molecule has 2 heterocycles. The third-order valence-corrected chi connectivity index (χ3v) is 6.07. The van der Waals surface area contributed by atoms with Gasteiger partial charge in [-0.2, -0.15) is 14.6 Å². The highest BCUT2D eigenvalue weighted by molar-refractivity contribution is 7.92. The highest BCUT2D eigenvalue weighted by Gasteiger charge is 2.17. The largest absolute Gasteiger partial charge is 0.362 e. The lowest BCUT2D eigenvalue weighted by Crippen LogP contribution is -2.18. The molecule has 0 saturated carbocycles. The zero-order valence-corrected chi connectivity index (χ0v) is 15.7. The molecule has 0 bridgehead atoms. The number of hydrogen-bond donors (Lipinski definition) is 1. The summed E-state index contributed by atoms with van der Waals surface area (Å²) in [5.74, 6) is 1.85. The number of nitrogens with one attached hydrogen (secondary N) is 1. The molecule has 3 aromatic rings. The smallest absolute Gasteiger partial charge is 0.254 e. The maximum Gasteiger partial charge on any atom is 0.254 e. The summed E-state index contributed by atoms with van der Waals surface area (Å²) in [5, 5.41) is 4.28. The zero-order chi connectivity index (χ0) is 18.2. The molecule has 0 saturated heterocycles. The molecule has 0 aliphatic heterocycles. The Labute approximate surface area is 147 Å². The Kier molecular flexibility index (Phi) is 4.47. The molecular weight excluding hydrogens is 336 g/mol. The van der Waals surface area contributed by atoms with Gasteiger partial charge in [-0.1, -0.05) is 19.1 Å². The third kappa shape index (κ3) is 3.21. The van der Waals surface area contributed by atoms with E-state index in [0.29, 0.717) is 22.8 Å². The first-order valence-electron chi connectivity index (χ1n) is 8.05. The zero-order valence-electron chi connectivity index (χ0n) is 14.9. The van der Waals surface area contributed by atoms with E-state index in [-0.39, 0.29) is 0 Å². The molecule has 1 aromatic carbocycles. The van der Waals surface area contributed by atoms with Crippen molar-refractivity contribution in [2.45, 2.75) is 25.2 Å². The van der Waals surface area contributed by atoms with Crippen molar-refractivity contribution < 1.29 is 4.21 Å². The lowest BCUT2D eigenvalue weighted by Gasteiger charge is -2.20. The highest BCUT2D eigenvalue weighted by Crippen LogP contribution is 2.25. The molecule has 0 amide bonds. The van der Waals surface area contributed by atoms with E-state index in [1.165, 1.54) is 6.33 Å². The van der Waals surface area contributed by atoms with E-state index in [1.54, 1.807) is 23.6 Å². The molecule has 1 atom stereocenters. The number of benzene rings is 1. The predicted octanol–water partition coefficient (Wildman–Crippen LogP) is 2.52. The van der Waals surface area contributed by atoms with Gasteiger partial charge in [0.2, 0.25) is 0 Å². The minimum atomic E-state index is -2.68. The quantitative estimate of drug-likeness (QED) is 0.757. The fraction of sp³-hybridized carbons (Fsp3) is 0.353. The van der Waals surface area contributed by atoms with Crippen LogP contribution in [0.3, 0.4) is 0 Å². The maximum atomic E-state index is 12.2. The summed E-state index contributed by atoms with van der Waals surface area (Å²) in [6, 6.07) is 7.45. The molecule has 0 fully saturated rings. The summed E-state index contributed by atoms with van der Waals surface area (Å²) in [4.78, 5) is 11.3. The van der Waals surface area contributed by atoms with Crippen molar-refractivity contribution in [3.63, 3.8) is 0 Å². The Morgan fingerprint density at radius 3 is 2.52 bits per heavy atom. The van der Waals surface area contributed by atoms with Crippen LogP contribution in [0.15, 0.2) is 35.5 Å². The monoisotopic (exact) mass is 358 g/mol. The summed E-state index contributed by atoms with van der Waals surface area (Å²) in [7, 11) is 1.26. The lowest BCUT2D eigenvalue weighted by molar-refractivity contribution is 0.675. The van der Waals surface area contributed by atoms with Gasteiger partial charge in [0, 0.05) is 42.4 Å². The number of aryl methyl sites for hydroxylation is 1. The predicted molar refractivity (Wildman–Crippen MR) is 98.8 cm³/mol. The first-order valence-corrected chi connectivity index (χ1v) is 9.78. The highest BCUT2D eigenvalue weighted by atomic mass is 32.2. The Morgan fingerprint density at radius 1 is 1.24 bits per heavy atom. The molecule has 0 aliphatic carbocycles. The molecular formula is C17H22N6OS. The normalized spacial score (nSPS) is 13.8. The van der Waals surface area contributed by atoms with Crippen molar-refractivity contribution >= 4 is 21.3 Å². The molecule has 0 radical (unpaired) electrons. The van der Waals surface area contributed by atoms with Crippen molar-refractivity contribution in [3.05, 3.63) is 47.4 Å². The molecule has 7 nitrogen and oxygen atoms in total. The number of rotatable bonds is 5. The van der Waals surface area contributed by atoms with Gasteiger partial charge in [0.25, 0.3) is 5.78 Å². The van der Waals surface area contributed by atoms with Gasteiger partial charge < -0.3 is 4.90 Å². The molecule has 0 spiro atoms. The van der Waals surface area contributed by atoms with Gasteiger partial charge in [-0.15, -0.1) is 0 Å². The van der Waals surface area contributed by atoms with Gasteiger partial charge in [-0.05, 0) is 24.6 Å². The molecule has 25 heavy (non-hydrogen) atoms. The van der Waals surface area contributed by atoms with Gasteiger partial charge >= 0.3 is 0 Å². The minimum Gasteiger partial charge on any atom is -0.362 e. The van der Waals surface area contributed by atoms with Crippen molar-refractivity contribution in [2.75, 3.05) is 24.7 Å². The Bertz CT molecular complexity index is 1010. The number of aromatic nitrogens is 4. The standard InChI is InChI=1S/C17H22N6OS/c1-5-25(18,24)14-8-6-13(7-9-14)10-15-12(2)21-17-19-11-20-23(17)16(15)22(3)4/h6-9,11,18H,5,10H2,1-4H3. The second-order valence-electron chi connectivity index (χ2n) is 6.15. The van der Waals surface area contributed by atoms with Gasteiger partial charge in [0.15, 0.2) is 0 Å². The van der Waals surface area contributed by atoms with Crippen LogP contribution in [0, 0.1) is 11.7 Å². The van der Waals surface area contributed by atoms with E-state index in [2.05, 4.69) is 15.1 Å². The summed E-state index contributed by atoms with van der Waals surface area (Å²) >= 11 is 0. The fourth-order valence-electron chi connectivity index (χ4n) is 2.83. The van der Waals surface area contributed by atoms with Crippen LogP contribution in [0.5, 0.6) is 0 Å². The van der Waals surface area contributed by atoms with E-state index in [1.807, 2.05) is 38.1 Å². The van der Waals surface area contributed by atoms with E-state index in [0.717, 1.165) is 22.6 Å². The summed E-state index contributed by atoms with van der Waals surface area (Å²) in [5.41, 5.74) is 3.05. The molecule has 1 unspecified atom stereocenters. The van der Waals surface area contributed by atoms with Crippen molar-refractivity contribution in [3.8, 4) is 0 Å². The van der Waals surface area contributed by atoms with Crippen LogP contribution < -0.4 is 4.90 Å². The summed E-state index contributed by atoms with van der Waals surface area (Å²) in [6.07, 6.45) is 2.18. The summed E-state index contributed by atoms with van der Waals surface area (Å²) < 4.78 is 21.8. The van der Waals surface area contributed by atoms with E-state index in [4.69, 9.17) is 4.78 Å². The van der Waals surface area contributed by atoms with Gasteiger partial charge in [-0.25, -0.2) is 14.0 Å². The van der Waals surface area contributed by atoms with Crippen LogP contribution in [0.1, 0.15) is 23.7 Å². The molecule has 3 rings (SSSR count). The molecule has 1 N–H and O–H groups in total. The van der Waals surface area contributed by atoms with Crippen LogP contribution in [0.2, 0.25) is 0 Å². The van der Waals surface area contributed by atoms with Crippen LogP contribution in [-0.2, 0) is 16.1 Å². The van der Waals surface area contributed by atoms with Crippen molar-refractivity contribution in [2.24, 2.45) is 0 Å². The van der Waals surface area contributed by atoms with Crippen molar-refractivity contribution in [1.29, 1.82) is 4.78 Å². The Morgan fingerprint density at radius 2 is 1.92 bits per heavy atom. The molecule has 0 aliphatic rings. The van der Waals surface area contributed by atoms with Crippen molar-refractivity contribution in [1.82, 2.24) is 19.6 Å². The number of anilines is 1. The van der Waals surface area contributed by atoms with Crippen LogP contribution in [-0.4, -0.2) is 43.6 Å². The maximum absolute atomic E-state index is 12.2. The fourth-order valence-corrected chi connectivity index (χ4v) is 3.74. The molecule has 2 aromatic heterocycles. The molecule has 8 heteroatoms. The third-order valence-electron chi connectivity index (χ3n) is 4.22. The topological polar surface area (TPSA) is 87.2 Å². The second-order valence-corrected chi connectivity index (χ2v) is 8.55. The van der Waals surface area contributed by atoms with E-state index < -0.39 is 9.73 Å². The second kappa shape index (κ2) is 6.44. The number of fused-ring (bicyclic) bond motifs is 1. The number of nitrogens with zero attached hydrogens (tertiary/aromatic N) is 5.